The van der Waals surface area contributed by atoms with Crippen molar-refractivity contribution in [1.29, 1.82) is 0 Å². The average molecular weight is 381 g/mol. The molecule has 0 spiro atoms. The molecule has 0 fully saturated rings. The molecule has 0 aliphatic heterocycles. The third-order valence-corrected chi connectivity index (χ3v) is 5.90. The second-order valence-electron chi connectivity index (χ2n) is 7.65. The standard InChI is InChI=1S/C29H19N/c1-2-12-25-23(10-1)24-11-3-4-13-26(24)28-19-21(15-16-27(25)28)20-8-7-9-22(18-20)29-14-5-6-17-30-29/h1-19H. The zero-order valence-electron chi connectivity index (χ0n) is 16.4. The Bertz CT molecular complexity index is 1500. The largest absolute Gasteiger partial charge is 0.256 e. The Morgan fingerprint density at radius 2 is 0.933 bits per heavy atom. The van der Waals surface area contributed by atoms with Crippen LogP contribution in [0.15, 0.2) is 115 Å². The average Bonchev–Trinajstić information content (AvgIpc) is 2.84. The van der Waals surface area contributed by atoms with E-state index in [1.165, 1.54) is 43.4 Å². The summed E-state index contributed by atoms with van der Waals surface area (Å²) in [6.07, 6.45) is 1.84. The van der Waals surface area contributed by atoms with Crippen molar-refractivity contribution in [2.45, 2.75) is 0 Å². The van der Waals surface area contributed by atoms with Crippen LogP contribution in [0, 0.1) is 0 Å². The number of hydrogen-bond acceptors (Lipinski definition) is 1. The van der Waals surface area contributed by atoms with Crippen molar-refractivity contribution >= 4 is 32.3 Å². The van der Waals surface area contributed by atoms with Gasteiger partial charge in [0.05, 0.1) is 5.69 Å². The molecule has 0 bridgehead atoms. The molecule has 0 atom stereocenters. The minimum atomic E-state index is 0.997. The molecule has 1 aromatic heterocycles. The molecule has 30 heavy (non-hydrogen) atoms. The molecule has 0 N–H and O–H groups in total. The Morgan fingerprint density at radius 3 is 1.60 bits per heavy atom. The quantitative estimate of drug-likeness (QED) is 0.278. The highest BCUT2D eigenvalue weighted by Gasteiger charge is 2.10. The van der Waals surface area contributed by atoms with E-state index < -0.39 is 0 Å². The van der Waals surface area contributed by atoms with Gasteiger partial charge < -0.3 is 0 Å². The molecule has 5 aromatic carbocycles. The molecule has 1 heterocycles. The normalized spacial score (nSPS) is 11.3. The van der Waals surface area contributed by atoms with E-state index in [0.29, 0.717) is 0 Å². The van der Waals surface area contributed by atoms with E-state index >= 15 is 0 Å². The predicted molar refractivity (Wildman–Crippen MR) is 128 cm³/mol. The second-order valence-corrected chi connectivity index (χ2v) is 7.65. The van der Waals surface area contributed by atoms with E-state index in [0.717, 1.165) is 11.3 Å². The SMILES string of the molecule is c1ccc(-c2cccc(-c3ccc4c5ccccc5c5ccccc5c4c3)c2)nc1. The smallest absolute Gasteiger partial charge is 0.0702 e. The minimum absolute atomic E-state index is 0.997. The van der Waals surface area contributed by atoms with Crippen LogP contribution in [-0.4, -0.2) is 4.98 Å². The summed E-state index contributed by atoms with van der Waals surface area (Å²) in [4.78, 5) is 4.51. The molecular formula is C29H19N. The van der Waals surface area contributed by atoms with Gasteiger partial charge in [0, 0.05) is 11.8 Å². The van der Waals surface area contributed by atoms with Gasteiger partial charge in [-0.15, -0.1) is 0 Å². The van der Waals surface area contributed by atoms with Gasteiger partial charge in [-0.1, -0.05) is 84.9 Å². The number of benzene rings is 5. The van der Waals surface area contributed by atoms with Gasteiger partial charge in [0.15, 0.2) is 0 Å². The maximum absolute atomic E-state index is 4.51. The summed E-state index contributed by atoms with van der Waals surface area (Å²) in [5.41, 5.74) is 4.56. The first-order valence-electron chi connectivity index (χ1n) is 10.2. The molecule has 0 saturated carbocycles. The summed E-state index contributed by atoms with van der Waals surface area (Å²) in [6, 6.07) is 38.9. The van der Waals surface area contributed by atoms with Crippen molar-refractivity contribution < 1.29 is 0 Å². The first-order chi connectivity index (χ1) is 14.9. The molecule has 6 rings (SSSR count). The summed E-state index contributed by atoms with van der Waals surface area (Å²) in [5.74, 6) is 0. The van der Waals surface area contributed by atoms with Gasteiger partial charge in [-0.25, -0.2) is 0 Å². The Hall–Kier alpha value is -3.97. The molecular weight excluding hydrogens is 362 g/mol. The Labute approximate surface area is 175 Å². The van der Waals surface area contributed by atoms with E-state index in [1.807, 2.05) is 18.3 Å². The monoisotopic (exact) mass is 381 g/mol. The number of hydrogen-bond donors (Lipinski definition) is 0. The molecule has 0 aliphatic rings. The highest BCUT2D eigenvalue weighted by Crippen LogP contribution is 2.37. The van der Waals surface area contributed by atoms with Gasteiger partial charge in [-0.3, -0.25) is 4.98 Å². The zero-order valence-corrected chi connectivity index (χ0v) is 16.4. The number of fused-ring (bicyclic) bond motifs is 6. The van der Waals surface area contributed by atoms with Crippen LogP contribution in [0.25, 0.3) is 54.7 Å². The van der Waals surface area contributed by atoms with Crippen LogP contribution in [0.1, 0.15) is 0 Å². The van der Waals surface area contributed by atoms with Gasteiger partial charge in [0.25, 0.3) is 0 Å². The highest BCUT2D eigenvalue weighted by atomic mass is 14.7. The number of nitrogens with zero attached hydrogens (tertiary/aromatic N) is 1. The van der Waals surface area contributed by atoms with Crippen LogP contribution in [-0.2, 0) is 0 Å². The topological polar surface area (TPSA) is 12.9 Å². The maximum Gasteiger partial charge on any atom is 0.0702 e. The van der Waals surface area contributed by atoms with Crippen molar-refractivity contribution in [3.8, 4) is 22.4 Å². The summed E-state index contributed by atoms with van der Waals surface area (Å²) in [5, 5.41) is 7.82. The molecule has 0 amide bonds. The van der Waals surface area contributed by atoms with Gasteiger partial charge in [0.1, 0.15) is 0 Å². The van der Waals surface area contributed by atoms with Crippen molar-refractivity contribution in [2.75, 3.05) is 0 Å². The van der Waals surface area contributed by atoms with Crippen molar-refractivity contribution in [2.24, 2.45) is 0 Å². The number of pyridine rings is 1. The Morgan fingerprint density at radius 1 is 0.367 bits per heavy atom. The van der Waals surface area contributed by atoms with Crippen LogP contribution in [0.3, 0.4) is 0 Å². The first kappa shape index (κ1) is 16.9. The van der Waals surface area contributed by atoms with Crippen LogP contribution < -0.4 is 0 Å². The second kappa shape index (κ2) is 6.82. The maximum atomic E-state index is 4.51. The Kier molecular flexibility index (Phi) is 3.85. The van der Waals surface area contributed by atoms with E-state index in [1.54, 1.807) is 0 Å². The van der Waals surface area contributed by atoms with E-state index in [4.69, 9.17) is 0 Å². The summed E-state index contributed by atoms with van der Waals surface area (Å²) >= 11 is 0. The third-order valence-electron chi connectivity index (χ3n) is 5.90. The highest BCUT2D eigenvalue weighted by molar-refractivity contribution is 6.25. The van der Waals surface area contributed by atoms with Crippen molar-refractivity contribution in [3.05, 3.63) is 115 Å². The van der Waals surface area contributed by atoms with Gasteiger partial charge >= 0.3 is 0 Å². The molecule has 6 aromatic rings. The molecule has 1 nitrogen and oxygen atoms in total. The minimum Gasteiger partial charge on any atom is -0.256 e. The fourth-order valence-corrected chi connectivity index (χ4v) is 4.48. The lowest BCUT2D eigenvalue weighted by molar-refractivity contribution is 1.33. The van der Waals surface area contributed by atoms with Gasteiger partial charge in [-0.2, -0.15) is 0 Å². The van der Waals surface area contributed by atoms with E-state index in [2.05, 4.69) is 102 Å². The van der Waals surface area contributed by atoms with E-state index in [-0.39, 0.29) is 0 Å². The van der Waals surface area contributed by atoms with E-state index in [9.17, 15) is 0 Å². The number of rotatable bonds is 2. The lowest BCUT2D eigenvalue weighted by atomic mass is 9.92. The molecule has 0 aliphatic carbocycles. The Balaban J connectivity index is 1.61. The molecule has 1 heteroatoms. The van der Waals surface area contributed by atoms with Crippen LogP contribution in [0.4, 0.5) is 0 Å². The fraction of sp³-hybridized carbons (Fsp3) is 0. The fourth-order valence-electron chi connectivity index (χ4n) is 4.48. The third kappa shape index (κ3) is 2.67. The molecule has 140 valence electrons. The lowest BCUT2D eigenvalue weighted by Crippen LogP contribution is -1.86. The van der Waals surface area contributed by atoms with Crippen LogP contribution >= 0.6 is 0 Å². The van der Waals surface area contributed by atoms with Crippen LogP contribution in [0.5, 0.6) is 0 Å². The van der Waals surface area contributed by atoms with Crippen molar-refractivity contribution in [1.82, 2.24) is 4.98 Å². The zero-order chi connectivity index (χ0) is 19.9. The summed E-state index contributed by atoms with van der Waals surface area (Å²) in [6.45, 7) is 0. The first-order valence-corrected chi connectivity index (χ1v) is 10.2. The van der Waals surface area contributed by atoms with Gasteiger partial charge in [0.2, 0.25) is 0 Å². The summed E-state index contributed by atoms with van der Waals surface area (Å²) < 4.78 is 0. The van der Waals surface area contributed by atoms with Crippen LogP contribution in [0.2, 0.25) is 0 Å². The molecule has 0 saturated heterocycles. The van der Waals surface area contributed by atoms with Crippen molar-refractivity contribution in [3.63, 3.8) is 0 Å². The van der Waals surface area contributed by atoms with Gasteiger partial charge in [-0.05, 0) is 67.7 Å². The molecule has 0 unspecified atom stereocenters. The lowest BCUT2D eigenvalue weighted by Gasteiger charge is -2.12. The number of aromatic nitrogens is 1. The summed E-state index contributed by atoms with van der Waals surface area (Å²) in [7, 11) is 0. The predicted octanol–water partition coefficient (Wildman–Crippen LogP) is 7.88. The molecule has 0 radical (unpaired) electrons.